The second kappa shape index (κ2) is 5.21. The molecule has 3 N–H and O–H groups in total. The summed E-state index contributed by atoms with van der Waals surface area (Å²) < 4.78 is 24.2. The van der Waals surface area contributed by atoms with Crippen LogP contribution in [0.15, 0.2) is 5.16 Å². The third-order valence-corrected chi connectivity index (χ3v) is 5.51. The number of carbonyl (C=O) groups is 1. The van der Waals surface area contributed by atoms with Crippen LogP contribution in [0.1, 0.15) is 19.3 Å². The summed E-state index contributed by atoms with van der Waals surface area (Å²) in [7, 11) is -3.22. The molecule has 1 heterocycles. The first-order valence-corrected chi connectivity index (χ1v) is 8.38. The molecule has 9 heteroatoms. The molecule has 0 bridgehead atoms. The molecule has 0 radical (unpaired) electrons. The number of piperazine rings is 1. The lowest BCUT2D eigenvalue weighted by Gasteiger charge is -2.44. The molecule has 2 fully saturated rings. The normalized spacial score (nSPS) is 24.2. The monoisotopic (exact) mass is 304 g/mol. The maximum absolute atomic E-state index is 12.5. The number of nitrogens with two attached hydrogens (primary N) is 1. The number of hydrogen-bond acceptors (Lipinski definition) is 5. The maximum Gasteiger partial charge on any atom is 0.236 e. The van der Waals surface area contributed by atoms with E-state index in [-0.39, 0.29) is 24.8 Å². The molecule has 0 unspecified atom stereocenters. The van der Waals surface area contributed by atoms with Crippen LogP contribution in [-0.4, -0.2) is 67.0 Å². The van der Waals surface area contributed by atoms with Crippen molar-refractivity contribution in [3.63, 3.8) is 0 Å². The van der Waals surface area contributed by atoms with Crippen LogP contribution in [0.2, 0.25) is 0 Å². The van der Waals surface area contributed by atoms with E-state index in [2.05, 4.69) is 5.16 Å². The van der Waals surface area contributed by atoms with E-state index in [1.165, 1.54) is 4.31 Å². The number of amides is 1. The number of nitrogens with zero attached hydrogens (tertiary/aromatic N) is 3. The molecule has 2 rings (SSSR count). The highest BCUT2D eigenvalue weighted by Gasteiger charge is 2.50. The minimum atomic E-state index is -3.22. The van der Waals surface area contributed by atoms with E-state index in [4.69, 9.17) is 10.9 Å². The summed E-state index contributed by atoms with van der Waals surface area (Å²) in [5.41, 5.74) is 4.78. The van der Waals surface area contributed by atoms with E-state index < -0.39 is 15.4 Å². The lowest BCUT2D eigenvalue weighted by Crippen LogP contribution is -2.59. The Labute approximate surface area is 118 Å². The molecule has 0 spiro atoms. The van der Waals surface area contributed by atoms with Crippen LogP contribution >= 0.6 is 0 Å². The summed E-state index contributed by atoms with van der Waals surface area (Å²) in [5, 5.41) is 11.8. The van der Waals surface area contributed by atoms with Crippen molar-refractivity contribution in [3.05, 3.63) is 0 Å². The largest absolute Gasteiger partial charge is 0.409 e. The predicted molar refractivity (Wildman–Crippen MR) is 72.7 cm³/mol. The molecule has 8 nitrogen and oxygen atoms in total. The van der Waals surface area contributed by atoms with E-state index in [0.29, 0.717) is 25.9 Å². The topological polar surface area (TPSA) is 116 Å². The van der Waals surface area contributed by atoms with Crippen LogP contribution in [0.4, 0.5) is 0 Å². The smallest absolute Gasteiger partial charge is 0.236 e. The van der Waals surface area contributed by atoms with Gasteiger partial charge >= 0.3 is 0 Å². The molecule has 0 aromatic rings. The second-order valence-corrected chi connectivity index (χ2v) is 7.36. The molecule has 114 valence electrons. The predicted octanol–water partition coefficient (Wildman–Crippen LogP) is -0.993. The van der Waals surface area contributed by atoms with Gasteiger partial charge in [-0.25, -0.2) is 8.42 Å². The van der Waals surface area contributed by atoms with E-state index in [1.54, 1.807) is 4.90 Å². The van der Waals surface area contributed by atoms with Crippen molar-refractivity contribution in [1.29, 1.82) is 0 Å². The average molecular weight is 304 g/mol. The molecule has 0 aromatic heterocycles. The van der Waals surface area contributed by atoms with E-state index in [1.807, 2.05) is 0 Å². The van der Waals surface area contributed by atoms with Crippen molar-refractivity contribution >= 4 is 21.8 Å². The lowest BCUT2D eigenvalue weighted by atomic mass is 9.66. The first-order chi connectivity index (χ1) is 9.31. The fourth-order valence-corrected chi connectivity index (χ4v) is 3.56. The first-order valence-electron chi connectivity index (χ1n) is 6.54. The Morgan fingerprint density at radius 3 is 2.15 bits per heavy atom. The average Bonchev–Trinajstić information content (AvgIpc) is 2.36. The summed E-state index contributed by atoms with van der Waals surface area (Å²) in [5.74, 6) is -0.202. The van der Waals surface area contributed by atoms with Gasteiger partial charge in [-0.2, -0.15) is 4.31 Å². The van der Waals surface area contributed by atoms with Crippen LogP contribution in [0.5, 0.6) is 0 Å². The van der Waals surface area contributed by atoms with Gasteiger partial charge in [0.1, 0.15) is 5.41 Å². The highest BCUT2D eigenvalue weighted by Crippen LogP contribution is 2.43. The van der Waals surface area contributed by atoms with Gasteiger partial charge in [0, 0.05) is 26.2 Å². The summed E-state index contributed by atoms with van der Waals surface area (Å²) in [6, 6.07) is 0. The highest BCUT2D eigenvalue weighted by atomic mass is 32.2. The van der Waals surface area contributed by atoms with Gasteiger partial charge in [0.25, 0.3) is 0 Å². The molecule has 1 amide bonds. The number of oxime groups is 1. The van der Waals surface area contributed by atoms with Gasteiger partial charge in [-0.1, -0.05) is 11.6 Å². The number of carbonyl (C=O) groups excluding carboxylic acids is 1. The number of hydrogen-bond donors (Lipinski definition) is 2. The molecule has 1 saturated carbocycles. The van der Waals surface area contributed by atoms with Crippen molar-refractivity contribution in [2.75, 3.05) is 32.4 Å². The minimum absolute atomic E-state index is 0.0423. The van der Waals surface area contributed by atoms with E-state index >= 15 is 0 Å². The van der Waals surface area contributed by atoms with Gasteiger partial charge in [-0.05, 0) is 12.8 Å². The summed E-state index contributed by atoms with van der Waals surface area (Å²) >= 11 is 0. The number of amidine groups is 1. The quantitative estimate of drug-likeness (QED) is 0.300. The zero-order valence-corrected chi connectivity index (χ0v) is 12.3. The van der Waals surface area contributed by atoms with Gasteiger partial charge in [0.05, 0.1) is 6.26 Å². The van der Waals surface area contributed by atoms with Crippen LogP contribution < -0.4 is 5.73 Å². The fourth-order valence-electron chi connectivity index (χ4n) is 2.73. The zero-order valence-electron chi connectivity index (χ0n) is 11.4. The van der Waals surface area contributed by atoms with Crippen LogP contribution in [0, 0.1) is 5.41 Å². The summed E-state index contributed by atoms with van der Waals surface area (Å²) in [6.07, 6.45) is 3.18. The minimum Gasteiger partial charge on any atom is -0.409 e. The molecule has 20 heavy (non-hydrogen) atoms. The van der Waals surface area contributed by atoms with Crippen LogP contribution in [0.25, 0.3) is 0 Å². The molecule has 0 aromatic carbocycles. The van der Waals surface area contributed by atoms with E-state index in [0.717, 1.165) is 12.7 Å². The van der Waals surface area contributed by atoms with Gasteiger partial charge in [0.15, 0.2) is 5.84 Å². The molecular formula is C11H20N4O4S. The van der Waals surface area contributed by atoms with Crippen LogP contribution in [-0.2, 0) is 14.8 Å². The Balaban J connectivity index is 2.05. The third kappa shape index (κ3) is 2.47. The van der Waals surface area contributed by atoms with E-state index in [9.17, 15) is 13.2 Å². The highest BCUT2D eigenvalue weighted by molar-refractivity contribution is 7.88. The number of sulfonamides is 1. The van der Waals surface area contributed by atoms with Gasteiger partial charge in [0.2, 0.25) is 15.9 Å². The molecule has 1 saturated heterocycles. The van der Waals surface area contributed by atoms with Crippen molar-refractivity contribution < 1.29 is 18.4 Å². The van der Waals surface area contributed by atoms with Gasteiger partial charge < -0.3 is 15.8 Å². The van der Waals surface area contributed by atoms with Gasteiger partial charge in [-0.15, -0.1) is 0 Å². The Hall–Kier alpha value is -1.35. The zero-order chi connectivity index (χ0) is 15.0. The molecule has 2 aliphatic rings. The molecule has 1 aliphatic heterocycles. The third-order valence-electron chi connectivity index (χ3n) is 4.21. The lowest BCUT2D eigenvalue weighted by molar-refractivity contribution is -0.143. The fraction of sp³-hybridized carbons (Fsp3) is 0.818. The SMILES string of the molecule is CS(=O)(=O)N1CCN(C(=O)C2(C(N)=NO)CCC2)CC1. The van der Waals surface area contributed by atoms with Gasteiger partial charge in [-0.3, -0.25) is 4.79 Å². The molecule has 0 atom stereocenters. The Bertz CT molecular complexity index is 519. The van der Waals surface area contributed by atoms with Crippen molar-refractivity contribution in [2.45, 2.75) is 19.3 Å². The second-order valence-electron chi connectivity index (χ2n) is 5.38. The van der Waals surface area contributed by atoms with Crippen molar-refractivity contribution in [1.82, 2.24) is 9.21 Å². The number of rotatable bonds is 3. The Morgan fingerprint density at radius 2 is 1.80 bits per heavy atom. The van der Waals surface area contributed by atoms with Crippen LogP contribution in [0.3, 0.4) is 0 Å². The van der Waals surface area contributed by atoms with Crippen molar-refractivity contribution in [2.24, 2.45) is 16.3 Å². The Kier molecular flexibility index (Phi) is 3.92. The van der Waals surface area contributed by atoms with Crippen molar-refractivity contribution in [3.8, 4) is 0 Å². The summed E-state index contributed by atoms with van der Waals surface area (Å²) in [4.78, 5) is 14.2. The molecular weight excluding hydrogens is 284 g/mol. The molecule has 1 aliphatic carbocycles. The Morgan fingerprint density at radius 1 is 1.25 bits per heavy atom. The summed E-state index contributed by atoms with van der Waals surface area (Å²) in [6.45, 7) is 1.26. The standard InChI is InChI=1S/C11H20N4O4S/c1-20(18,19)15-7-5-14(6-8-15)10(16)11(3-2-4-11)9(12)13-17/h17H,2-8H2,1H3,(H2,12,13). The first kappa shape index (κ1) is 15.0. The maximum atomic E-state index is 12.5.